The Bertz CT molecular complexity index is 217. The van der Waals surface area contributed by atoms with Gasteiger partial charge in [0.2, 0.25) is 0 Å². The Hall–Kier alpha value is -0.160. The minimum atomic E-state index is -0.0929. The van der Waals surface area contributed by atoms with Crippen LogP contribution in [0, 0.1) is 0 Å². The predicted molar refractivity (Wildman–Crippen MR) is 67.9 cm³/mol. The van der Waals surface area contributed by atoms with E-state index >= 15 is 0 Å². The number of nitrogens with zero attached hydrogens (tertiary/aromatic N) is 1. The van der Waals surface area contributed by atoms with E-state index in [0.717, 1.165) is 45.4 Å². The second-order valence-electron chi connectivity index (χ2n) is 5.31. The van der Waals surface area contributed by atoms with Crippen molar-refractivity contribution in [1.82, 2.24) is 4.90 Å². The Morgan fingerprint density at radius 1 is 1.18 bits per heavy atom. The molecule has 17 heavy (non-hydrogen) atoms. The van der Waals surface area contributed by atoms with Crippen molar-refractivity contribution >= 4 is 0 Å². The van der Waals surface area contributed by atoms with Crippen molar-refractivity contribution in [3.8, 4) is 0 Å². The molecule has 1 aliphatic heterocycles. The minimum Gasteiger partial charge on any atom is -0.391 e. The molecule has 4 heteroatoms. The molecule has 0 aromatic carbocycles. The summed E-state index contributed by atoms with van der Waals surface area (Å²) in [6.07, 6.45) is 6.82. The quantitative estimate of drug-likeness (QED) is 0.698. The van der Waals surface area contributed by atoms with Crippen molar-refractivity contribution in [1.29, 1.82) is 0 Å². The van der Waals surface area contributed by atoms with Crippen molar-refractivity contribution in [3.05, 3.63) is 0 Å². The monoisotopic (exact) mass is 242 g/mol. The first kappa shape index (κ1) is 13.3. The highest BCUT2D eigenvalue weighted by molar-refractivity contribution is 4.87. The lowest BCUT2D eigenvalue weighted by Crippen LogP contribution is -2.46. The Morgan fingerprint density at radius 2 is 1.94 bits per heavy atom. The zero-order chi connectivity index (χ0) is 12.1. The maximum absolute atomic E-state index is 9.89. The van der Waals surface area contributed by atoms with Gasteiger partial charge in [0.1, 0.15) is 0 Å². The number of likely N-dealkylation sites (tertiary alicyclic amines) is 1. The van der Waals surface area contributed by atoms with Crippen LogP contribution in [0.4, 0.5) is 0 Å². The first-order valence-corrected chi connectivity index (χ1v) is 7.05. The van der Waals surface area contributed by atoms with Gasteiger partial charge in [0.05, 0.1) is 12.2 Å². The fourth-order valence-electron chi connectivity index (χ4n) is 3.05. The molecule has 1 aliphatic carbocycles. The van der Waals surface area contributed by atoms with E-state index in [1.54, 1.807) is 0 Å². The predicted octanol–water partition coefficient (Wildman–Crippen LogP) is 0.730. The third-order valence-electron chi connectivity index (χ3n) is 4.09. The molecule has 0 spiro atoms. The van der Waals surface area contributed by atoms with Crippen molar-refractivity contribution in [3.63, 3.8) is 0 Å². The molecular formula is C13H26N2O2. The summed E-state index contributed by atoms with van der Waals surface area (Å²) in [5.74, 6) is 0. The minimum absolute atomic E-state index is 0.0929. The molecule has 0 aromatic rings. The first-order valence-electron chi connectivity index (χ1n) is 7.05. The number of ether oxygens (including phenoxy) is 1. The van der Waals surface area contributed by atoms with Gasteiger partial charge >= 0.3 is 0 Å². The number of aliphatic hydroxyl groups is 1. The van der Waals surface area contributed by atoms with Crippen LogP contribution < -0.4 is 5.73 Å². The Labute approximate surface area is 104 Å². The average Bonchev–Trinajstić information content (AvgIpc) is 2.77. The van der Waals surface area contributed by atoms with Gasteiger partial charge in [-0.2, -0.15) is 0 Å². The number of nitrogens with two attached hydrogens (primary N) is 1. The van der Waals surface area contributed by atoms with Crippen molar-refractivity contribution in [2.24, 2.45) is 5.73 Å². The number of rotatable bonds is 5. The fourth-order valence-corrected chi connectivity index (χ4v) is 3.05. The zero-order valence-electron chi connectivity index (χ0n) is 10.7. The number of hydrogen-bond acceptors (Lipinski definition) is 4. The first-order chi connectivity index (χ1) is 8.31. The summed E-state index contributed by atoms with van der Waals surface area (Å²) >= 11 is 0. The van der Waals surface area contributed by atoms with E-state index in [0.29, 0.717) is 18.7 Å². The second kappa shape index (κ2) is 6.69. The van der Waals surface area contributed by atoms with Gasteiger partial charge in [-0.1, -0.05) is 0 Å². The van der Waals surface area contributed by atoms with Crippen LogP contribution in [0.3, 0.4) is 0 Å². The molecule has 0 radical (unpaired) electrons. The van der Waals surface area contributed by atoms with Crippen LogP contribution in [0.5, 0.6) is 0 Å². The molecule has 100 valence electrons. The normalized spacial score (nSPS) is 32.1. The third kappa shape index (κ3) is 3.65. The summed E-state index contributed by atoms with van der Waals surface area (Å²) in [5, 5.41) is 9.89. The van der Waals surface area contributed by atoms with E-state index in [1.165, 1.54) is 12.8 Å². The SMILES string of the molecule is NCCCOC1CCN(C2CCCC2O)CC1. The molecule has 1 saturated carbocycles. The molecule has 2 atom stereocenters. The van der Waals surface area contributed by atoms with E-state index < -0.39 is 0 Å². The molecule has 0 aromatic heterocycles. The van der Waals surface area contributed by atoms with Crippen LogP contribution in [0.15, 0.2) is 0 Å². The topological polar surface area (TPSA) is 58.7 Å². The largest absolute Gasteiger partial charge is 0.391 e. The van der Waals surface area contributed by atoms with Gasteiger partial charge in [0.25, 0.3) is 0 Å². The average molecular weight is 242 g/mol. The van der Waals surface area contributed by atoms with Crippen LogP contribution in [0.25, 0.3) is 0 Å². The number of aliphatic hydroxyl groups excluding tert-OH is 1. The van der Waals surface area contributed by atoms with Crippen LogP contribution in [0.1, 0.15) is 38.5 Å². The second-order valence-corrected chi connectivity index (χ2v) is 5.31. The molecule has 2 unspecified atom stereocenters. The Kier molecular flexibility index (Phi) is 5.22. The van der Waals surface area contributed by atoms with Crippen molar-refractivity contribution < 1.29 is 9.84 Å². The van der Waals surface area contributed by atoms with Gasteiger partial charge in [-0.3, -0.25) is 4.90 Å². The van der Waals surface area contributed by atoms with Crippen molar-refractivity contribution in [2.75, 3.05) is 26.2 Å². The van der Waals surface area contributed by atoms with Gasteiger partial charge in [0.15, 0.2) is 0 Å². The number of piperidine rings is 1. The lowest BCUT2D eigenvalue weighted by Gasteiger charge is -2.37. The van der Waals surface area contributed by atoms with Gasteiger partial charge in [0, 0.05) is 25.7 Å². The van der Waals surface area contributed by atoms with Gasteiger partial charge in [-0.25, -0.2) is 0 Å². The van der Waals surface area contributed by atoms with Crippen LogP contribution >= 0.6 is 0 Å². The highest BCUT2D eigenvalue weighted by atomic mass is 16.5. The molecule has 3 N–H and O–H groups in total. The standard InChI is InChI=1S/C13H26N2O2/c14-7-2-10-17-11-5-8-15(9-6-11)12-3-1-4-13(12)16/h11-13,16H,1-10,14H2. The molecule has 1 saturated heterocycles. The fraction of sp³-hybridized carbons (Fsp3) is 1.00. The maximum atomic E-state index is 9.89. The highest BCUT2D eigenvalue weighted by Crippen LogP contribution is 2.27. The summed E-state index contributed by atoms with van der Waals surface area (Å²) < 4.78 is 5.79. The zero-order valence-corrected chi connectivity index (χ0v) is 10.7. The molecule has 0 amide bonds. The molecule has 4 nitrogen and oxygen atoms in total. The summed E-state index contributed by atoms with van der Waals surface area (Å²) in [6.45, 7) is 3.67. The van der Waals surface area contributed by atoms with E-state index in [4.69, 9.17) is 10.5 Å². The van der Waals surface area contributed by atoms with Gasteiger partial charge in [-0.15, -0.1) is 0 Å². The molecule has 2 aliphatic rings. The molecular weight excluding hydrogens is 216 g/mol. The van der Waals surface area contributed by atoms with E-state index in [2.05, 4.69) is 4.90 Å². The molecule has 1 heterocycles. The maximum Gasteiger partial charge on any atom is 0.0695 e. The van der Waals surface area contributed by atoms with Crippen LogP contribution in [0.2, 0.25) is 0 Å². The summed E-state index contributed by atoms with van der Waals surface area (Å²) in [7, 11) is 0. The Morgan fingerprint density at radius 3 is 2.53 bits per heavy atom. The highest BCUT2D eigenvalue weighted by Gasteiger charge is 2.32. The van der Waals surface area contributed by atoms with E-state index in [-0.39, 0.29) is 6.10 Å². The Balaban J connectivity index is 1.67. The van der Waals surface area contributed by atoms with Gasteiger partial charge < -0.3 is 15.6 Å². The lowest BCUT2D eigenvalue weighted by atomic mass is 10.0. The summed E-state index contributed by atoms with van der Waals surface area (Å²) in [6, 6.07) is 0.417. The van der Waals surface area contributed by atoms with Crippen LogP contribution in [-0.2, 0) is 4.74 Å². The third-order valence-corrected chi connectivity index (χ3v) is 4.09. The summed E-state index contributed by atoms with van der Waals surface area (Å²) in [5.41, 5.74) is 5.45. The number of hydrogen-bond donors (Lipinski definition) is 2. The smallest absolute Gasteiger partial charge is 0.0695 e. The van der Waals surface area contributed by atoms with Crippen LogP contribution in [-0.4, -0.2) is 54.5 Å². The summed E-state index contributed by atoms with van der Waals surface area (Å²) in [4.78, 5) is 2.46. The van der Waals surface area contributed by atoms with Gasteiger partial charge in [-0.05, 0) is 45.1 Å². The van der Waals surface area contributed by atoms with Crippen molar-refractivity contribution in [2.45, 2.75) is 56.8 Å². The lowest BCUT2D eigenvalue weighted by molar-refractivity contribution is -0.0171. The molecule has 2 rings (SSSR count). The molecule has 0 bridgehead atoms. The molecule has 2 fully saturated rings. The van der Waals surface area contributed by atoms with E-state index in [9.17, 15) is 5.11 Å². The van der Waals surface area contributed by atoms with E-state index in [1.807, 2.05) is 0 Å².